The minimum Gasteiger partial charge on any atom is -0.290 e. The van der Waals surface area contributed by atoms with Crippen LogP contribution in [0.4, 0.5) is 0 Å². The first-order valence-electron chi connectivity index (χ1n) is 6.79. The third-order valence-corrected chi connectivity index (χ3v) is 3.38. The number of aromatic nitrogens is 4. The van der Waals surface area contributed by atoms with Crippen LogP contribution in [0.1, 0.15) is 33.6 Å². The number of fused-ring (bicyclic) bond motifs is 1. The Morgan fingerprint density at radius 2 is 2.05 bits per heavy atom. The van der Waals surface area contributed by atoms with Gasteiger partial charge in [-0.05, 0) is 26.0 Å². The quantitative estimate of drug-likeness (QED) is 0.748. The molecule has 0 aliphatic heterocycles. The van der Waals surface area contributed by atoms with Crippen LogP contribution < -0.4 is 0 Å². The number of H-pyrrole nitrogens is 1. The molecule has 0 amide bonds. The summed E-state index contributed by atoms with van der Waals surface area (Å²) in [7, 11) is 0. The molecular formula is C16H13N5O. The summed E-state index contributed by atoms with van der Waals surface area (Å²) in [6.07, 6.45) is 0. The van der Waals surface area contributed by atoms with Crippen LogP contribution in [-0.2, 0) is 0 Å². The van der Waals surface area contributed by atoms with Crippen molar-refractivity contribution in [2.24, 2.45) is 0 Å². The molecular weight excluding hydrogens is 278 g/mol. The van der Waals surface area contributed by atoms with Gasteiger partial charge in [0.05, 0.1) is 17.3 Å². The molecule has 0 fully saturated rings. The summed E-state index contributed by atoms with van der Waals surface area (Å²) in [5.41, 5.74) is 2.15. The second-order valence-electron chi connectivity index (χ2n) is 5.03. The van der Waals surface area contributed by atoms with Gasteiger partial charge in [0.2, 0.25) is 5.78 Å². The van der Waals surface area contributed by atoms with E-state index in [0.29, 0.717) is 16.9 Å². The second kappa shape index (κ2) is 5.37. The predicted octanol–water partition coefficient (Wildman–Crippen LogP) is 2.46. The summed E-state index contributed by atoms with van der Waals surface area (Å²) in [5, 5.41) is 17.0. The van der Waals surface area contributed by atoms with Crippen LogP contribution in [0.2, 0.25) is 0 Å². The lowest BCUT2D eigenvalue weighted by Crippen LogP contribution is -2.15. The molecule has 0 aliphatic rings. The first-order valence-corrected chi connectivity index (χ1v) is 6.79. The van der Waals surface area contributed by atoms with Crippen molar-refractivity contribution in [3.05, 3.63) is 53.2 Å². The van der Waals surface area contributed by atoms with E-state index in [0.717, 1.165) is 11.2 Å². The average molecular weight is 291 g/mol. The van der Waals surface area contributed by atoms with Crippen molar-refractivity contribution in [1.82, 2.24) is 20.2 Å². The zero-order valence-electron chi connectivity index (χ0n) is 12.2. The first kappa shape index (κ1) is 13.9. The maximum absolute atomic E-state index is 12.7. The Labute approximate surface area is 126 Å². The van der Waals surface area contributed by atoms with Gasteiger partial charge in [-0.15, -0.1) is 0 Å². The lowest BCUT2D eigenvalue weighted by Gasteiger charge is -2.08. The van der Waals surface area contributed by atoms with E-state index in [1.807, 2.05) is 24.3 Å². The number of carbonyl (C=O) groups excluding carboxylic acids is 1. The summed E-state index contributed by atoms with van der Waals surface area (Å²) in [4.78, 5) is 21.1. The maximum atomic E-state index is 12.7. The molecule has 6 nitrogen and oxygen atoms in total. The number of nitriles is 1. The first-order chi connectivity index (χ1) is 10.6. The molecule has 1 aromatic carbocycles. The van der Waals surface area contributed by atoms with Crippen molar-refractivity contribution in [1.29, 1.82) is 5.26 Å². The van der Waals surface area contributed by atoms with E-state index in [4.69, 9.17) is 0 Å². The molecule has 3 aromatic rings. The Morgan fingerprint density at radius 3 is 2.77 bits per heavy atom. The number of aromatic amines is 1. The predicted molar refractivity (Wildman–Crippen MR) is 80.3 cm³/mol. The van der Waals surface area contributed by atoms with Gasteiger partial charge in [-0.1, -0.05) is 18.2 Å². The lowest BCUT2D eigenvalue weighted by molar-refractivity contribution is 0.0974. The highest BCUT2D eigenvalue weighted by atomic mass is 16.1. The summed E-state index contributed by atoms with van der Waals surface area (Å²) >= 11 is 0. The minimum absolute atomic E-state index is 0.260. The SMILES string of the molecule is Cc1cc([C@H](C#N)C(=O)c2n[nH]c3ccccc23)nc(C)n1. The molecule has 0 unspecified atom stereocenters. The zero-order chi connectivity index (χ0) is 15.7. The molecule has 3 rings (SSSR count). The summed E-state index contributed by atoms with van der Waals surface area (Å²) in [6, 6.07) is 11.0. The number of benzene rings is 1. The molecule has 0 aliphatic carbocycles. The average Bonchev–Trinajstić information content (AvgIpc) is 2.90. The van der Waals surface area contributed by atoms with Crippen molar-refractivity contribution in [2.75, 3.05) is 0 Å². The molecule has 22 heavy (non-hydrogen) atoms. The zero-order valence-corrected chi connectivity index (χ0v) is 12.2. The third-order valence-electron chi connectivity index (χ3n) is 3.38. The number of nitrogens with one attached hydrogen (secondary N) is 1. The monoisotopic (exact) mass is 291 g/mol. The van der Waals surface area contributed by atoms with Gasteiger partial charge in [0.1, 0.15) is 11.5 Å². The minimum atomic E-state index is -0.993. The molecule has 1 N–H and O–H groups in total. The van der Waals surface area contributed by atoms with Gasteiger partial charge in [0.15, 0.2) is 5.92 Å². The Balaban J connectivity index is 2.07. The number of ketones is 1. The normalized spacial score (nSPS) is 12.0. The molecule has 0 saturated carbocycles. The van der Waals surface area contributed by atoms with E-state index in [-0.39, 0.29) is 11.5 Å². The van der Waals surface area contributed by atoms with Crippen LogP contribution in [0.3, 0.4) is 0 Å². The molecule has 2 heterocycles. The molecule has 0 spiro atoms. The topological polar surface area (TPSA) is 95.3 Å². The number of carbonyl (C=O) groups is 1. The van der Waals surface area contributed by atoms with Crippen molar-refractivity contribution in [3.8, 4) is 6.07 Å². The molecule has 108 valence electrons. The van der Waals surface area contributed by atoms with Gasteiger partial charge in [-0.3, -0.25) is 9.89 Å². The lowest BCUT2D eigenvalue weighted by atomic mass is 9.97. The van der Waals surface area contributed by atoms with Gasteiger partial charge in [-0.2, -0.15) is 10.4 Å². The summed E-state index contributed by atoms with van der Waals surface area (Å²) < 4.78 is 0. The van der Waals surface area contributed by atoms with Crippen LogP contribution in [-0.4, -0.2) is 25.9 Å². The van der Waals surface area contributed by atoms with Crippen LogP contribution in [0.15, 0.2) is 30.3 Å². The van der Waals surface area contributed by atoms with E-state index in [1.165, 1.54) is 0 Å². The fraction of sp³-hybridized carbons (Fsp3) is 0.188. The summed E-state index contributed by atoms with van der Waals surface area (Å²) in [5.74, 6) is -0.820. The van der Waals surface area contributed by atoms with Crippen LogP contribution in [0.25, 0.3) is 10.9 Å². The Kier molecular flexibility index (Phi) is 3.39. The molecule has 2 aromatic heterocycles. The van der Waals surface area contributed by atoms with Gasteiger partial charge in [0.25, 0.3) is 0 Å². The van der Waals surface area contributed by atoms with Crippen LogP contribution in [0, 0.1) is 25.2 Å². The Hall–Kier alpha value is -3.07. The number of nitrogens with zero attached hydrogens (tertiary/aromatic N) is 4. The van der Waals surface area contributed by atoms with Crippen LogP contribution >= 0.6 is 0 Å². The van der Waals surface area contributed by atoms with Gasteiger partial charge >= 0.3 is 0 Å². The van der Waals surface area contributed by atoms with E-state index in [2.05, 4.69) is 20.2 Å². The smallest absolute Gasteiger partial charge is 0.206 e. The van der Waals surface area contributed by atoms with Crippen LogP contribution in [0.5, 0.6) is 0 Å². The number of rotatable bonds is 3. The number of aryl methyl sites for hydroxylation is 2. The standard InChI is InChI=1S/C16H13N5O/c1-9-7-14(19-10(2)18-9)12(8-17)16(22)15-11-5-3-4-6-13(11)20-21-15/h3-7,12H,1-2H3,(H,20,21)/t12-/m0/s1. The third kappa shape index (κ3) is 2.33. The number of hydrogen-bond donors (Lipinski definition) is 1. The highest BCUT2D eigenvalue weighted by molar-refractivity contribution is 6.09. The Bertz CT molecular complexity index is 886. The van der Waals surface area contributed by atoms with E-state index < -0.39 is 5.92 Å². The summed E-state index contributed by atoms with van der Waals surface area (Å²) in [6.45, 7) is 3.54. The highest BCUT2D eigenvalue weighted by Crippen LogP contribution is 2.23. The fourth-order valence-electron chi connectivity index (χ4n) is 2.44. The van der Waals surface area contributed by atoms with E-state index in [1.54, 1.807) is 26.0 Å². The van der Waals surface area contributed by atoms with Crippen molar-refractivity contribution < 1.29 is 4.79 Å². The fourth-order valence-corrected chi connectivity index (χ4v) is 2.44. The molecule has 0 radical (unpaired) electrons. The van der Waals surface area contributed by atoms with E-state index in [9.17, 15) is 10.1 Å². The van der Waals surface area contributed by atoms with Gasteiger partial charge < -0.3 is 0 Å². The number of hydrogen-bond acceptors (Lipinski definition) is 5. The van der Waals surface area contributed by atoms with E-state index >= 15 is 0 Å². The number of Topliss-reactive ketones (excluding diaryl/α,β-unsaturated/α-hetero) is 1. The van der Waals surface area contributed by atoms with Crippen molar-refractivity contribution in [2.45, 2.75) is 19.8 Å². The molecule has 1 atom stereocenters. The molecule has 6 heteroatoms. The van der Waals surface area contributed by atoms with Crippen molar-refractivity contribution in [3.63, 3.8) is 0 Å². The molecule has 0 bridgehead atoms. The highest BCUT2D eigenvalue weighted by Gasteiger charge is 2.27. The molecule has 0 saturated heterocycles. The second-order valence-corrected chi connectivity index (χ2v) is 5.03. The van der Waals surface area contributed by atoms with Gasteiger partial charge in [0, 0.05) is 11.1 Å². The van der Waals surface area contributed by atoms with Gasteiger partial charge in [-0.25, -0.2) is 9.97 Å². The van der Waals surface area contributed by atoms with Crippen molar-refractivity contribution >= 4 is 16.7 Å². The number of para-hydroxylation sites is 1. The largest absolute Gasteiger partial charge is 0.290 e. The Morgan fingerprint density at radius 1 is 1.27 bits per heavy atom. The maximum Gasteiger partial charge on any atom is 0.206 e.